The first-order valence-corrected chi connectivity index (χ1v) is 21.5. The number of aromatic nitrogens is 4. The molecule has 8 bridgehead atoms. The molecule has 2 aliphatic rings. The van der Waals surface area contributed by atoms with Gasteiger partial charge >= 0.3 is 0 Å². The van der Waals surface area contributed by atoms with Gasteiger partial charge in [-0.25, -0.2) is 9.97 Å². The summed E-state index contributed by atoms with van der Waals surface area (Å²) in [5.74, 6) is 1.62. The molecule has 2 N–H and O–H groups in total. The fourth-order valence-corrected chi connectivity index (χ4v) is 7.60. The van der Waals surface area contributed by atoms with E-state index in [2.05, 4.69) is 132 Å². The Morgan fingerprint density at radius 1 is 0.559 bits per heavy atom. The van der Waals surface area contributed by atoms with Crippen molar-refractivity contribution in [1.82, 2.24) is 19.9 Å². The topological polar surface area (TPSA) is 75.8 Å². The lowest BCUT2D eigenvalue weighted by Gasteiger charge is -2.24. The Morgan fingerprint density at radius 3 is 1.76 bits per heavy atom. The summed E-state index contributed by atoms with van der Waals surface area (Å²) in [7, 11) is 13.3. The Morgan fingerprint density at radius 2 is 1.14 bits per heavy atom. The SMILES string of the molecule is CCCCCCCCCCCc1c2nc(cc3nc(cc4ccc(cc5ccc1[nH]5)[nH]4)C=C3c1cc(OCCC[N+](C)(C)C)cc(OCCC[N+](C)(C)C)c1)C=C2.[Cl-].[Cl-]. The number of ether oxygens (including phenoxy) is 2. The highest BCUT2D eigenvalue weighted by Gasteiger charge is 2.18. The number of benzene rings is 1. The van der Waals surface area contributed by atoms with Gasteiger partial charge in [0.25, 0.3) is 0 Å². The van der Waals surface area contributed by atoms with Crippen molar-refractivity contribution in [3.63, 3.8) is 0 Å². The lowest BCUT2D eigenvalue weighted by molar-refractivity contribution is -0.870. The number of hydrogen-bond acceptors (Lipinski definition) is 4. The molecule has 0 saturated carbocycles. The van der Waals surface area contributed by atoms with Crippen LogP contribution < -0.4 is 34.3 Å². The van der Waals surface area contributed by atoms with Gasteiger partial charge in [-0.3, -0.25) is 0 Å². The third kappa shape index (κ3) is 15.2. The standard InChI is InChI=1S/C49H68N6O2.2ClH/c1-8-9-10-11-12-13-14-15-16-19-45-47-24-22-40(51-47)32-38-20-21-39(50-38)33-42-34-46(49(53-42)35-41-23-25-48(45)52-41)37-30-43(56-28-17-26-54(2,3)4)36-44(31-37)57-29-18-27-55(5,6)7;;/h20-25,30-36,50-51H,8-19,26-29H2,1-7H3;2*1H/q+2;;/p-2. The molecule has 0 amide bonds. The fraction of sp³-hybridized carbons (Fsp3) is 0.469. The van der Waals surface area contributed by atoms with Crippen molar-refractivity contribution in [2.75, 3.05) is 68.6 Å². The summed E-state index contributed by atoms with van der Waals surface area (Å²) in [6.07, 6.45) is 21.2. The third-order valence-corrected chi connectivity index (χ3v) is 10.7. The van der Waals surface area contributed by atoms with E-state index in [1.807, 2.05) is 6.07 Å². The van der Waals surface area contributed by atoms with Crippen LogP contribution in [0.4, 0.5) is 0 Å². The highest BCUT2D eigenvalue weighted by Crippen LogP contribution is 2.35. The van der Waals surface area contributed by atoms with Crippen molar-refractivity contribution < 1.29 is 43.3 Å². The van der Waals surface area contributed by atoms with Crippen LogP contribution in [0.1, 0.15) is 111 Å². The van der Waals surface area contributed by atoms with Crippen LogP contribution in [0, 0.1) is 0 Å². The van der Waals surface area contributed by atoms with E-state index >= 15 is 0 Å². The minimum Gasteiger partial charge on any atom is -1.00 e. The van der Waals surface area contributed by atoms with Crippen LogP contribution in [0.25, 0.3) is 45.9 Å². The summed E-state index contributed by atoms with van der Waals surface area (Å²) >= 11 is 0. The van der Waals surface area contributed by atoms with Gasteiger partial charge in [0.15, 0.2) is 0 Å². The fourth-order valence-electron chi connectivity index (χ4n) is 7.60. The largest absolute Gasteiger partial charge is 1.00 e. The molecular weight excluding hydrogens is 775 g/mol. The van der Waals surface area contributed by atoms with Crippen molar-refractivity contribution in [2.45, 2.75) is 84.0 Å². The van der Waals surface area contributed by atoms with E-state index in [0.717, 1.165) is 115 Å². The van der Waals surface area contributed by atoms with Crippen molar-refractivity contribution >= 4 is 45.9 Å². The molecule has 5 heterocycles. The smallest absolute Gasteiger partial charge is 0.123 e. The van der Waals surface area contributed by atoms with Gasteiger partial charge in [0, 0.05) is 52.1 Å². The molecule has 0 fully saturated rings. The van der Waals surface area contributed by atoms with Gasteiger partial charge in [-0.2, -0.15) is 0 Å². The average molecular weight is 844 g/mol. The minimum absolute atomic E-state index is 0. The van der Waals surface area contributed by atoms with Gasteiger partial charge in [-0.1, -0.05) is 58.3 Å². The molecule has 59 heavy (non-hydrogen) atoms. The maximum Gasteiger partial charge on any atom is 0.123 e. The Labute approximate surface area is 366 Å². The lowest BCUT2D eigenvalue weighted by atomic mass is 10.0. The predicted octanol–water partition coefficient (Wildman–Crippen LogP) is 5.11. The monoisotopic (exact) mass is 842 g/mol. The summed E-state index contributed by atoms with van der Waals surface area (Å²) in [5.41, 5.74) is 11.2. The molecule has 0 atom stereocenters. The summed E-state index contributed by atoms with van der Waals surface area (Å²) < 4.78 is 14.6. The number of hydrogen-bond donors (Lipinski definition) is 2. The number of aryl methyl sites for hydroxylation is 1. The highest BCUT2D eigenvalue weighted by molar-refractivity contribution is 5.94. The molecule has 0 radical (unpaired) electrons. The number of nitrogens with zero attached hydrogens (tertiary/aromatic N) is 4. The van der Waals surface area contributed by atoms with Crippen molar-refractivity contribution in [1.29, 1.82) is 0 Å². The number of quaternary nitrogens is 2. The second-order valence-electron chi connectivity index (χ2n) is 18.0. The molecular formula is C49H68Cl2N6O2. The van der Waals surface area contributed by atoms with E-state index in [1.165, 1.54) is 56.9 Å². The van der Waals surface area contributed by atoms with Gasteiger partial charge in [0.1, 0.15) is 11.5 Å². The molecule has 6 rings (SSSR count). The zero-order chi connectivity index (χ0) is 40.3. The molecule has 4 aromatic rings. The van der Waals surface area contributed by atoms with Crippen LogP contribution >= 0.6 is 0 Å². The van der Waals surface area contributed by atoms with Gasteiger partial charge in [-0.15, -0.1) is 0 Å². The summed E-state index contributed by atoms with van der Waals surface area (Å²) in [5, 5.41) is 0. The molecule has 1 aromatic carbocycles. The molecule has 3 aromatic heterocycles. The maximum absolute atomic E-state index is 6.42. The number of nitrogens with one attached hydrogen (secondary N) is 2. The number of halogens is 2. The Hall–Kier alpha value is -4.08. The predicted molar refractivity (Wildman–Crippen MR) is 240 cm³/mol. The first kappa shape index (κ1) is 47.6. The van der Waals surface area contributed by atoms with Crippen LogP contribution in [0.3, 0.4) is 0 Å². The van der Waals surface area contributed by atoms with E-state index in [0.29, 0.717) is 13.2 Å². The molecule has 2 aliphatic heterocycles. The van der Waals surface area contributed by atoms with E-state index < -0.39 is 0 Å². The average Bonchev–Trinajstić information content (AvgIpc) is 3.98. The summed E-state index contributed by atoms with van der Waals surface area (Å²) in [6, 6.07) is 21.3. The normalized spacial score (nSPS) is 12.5. The molecule has 8 nitrogen and oxygen atoms in total. The Balaban J connectivity index is 0.00000384. The van der Waals surface area contributed by atoms with E-state index in [1.54, 1.807) is 0 Å². The van der Waals surface area contributed by atoms with Gasteiger partial charge in [0.05, 0.1) is 91.4 Å². The Kier molecular flexibility index (Phi) is 18.2. The van der Waals surface area contributed by atoms with Gasteiger partial charge < -0.3 is 53.2 Å². The highest BCUT2D eigenvalue weighted by atomic mass is 35.5. The summed E-state index contributed by atoms with van der Waals surface area (Å²) in [4.78, 5) is 17.7. The second-order valence-corrected chi connectivity index (χ2v) is 18.0. The van der Waals surface area contributed by atoms with Gasteiger partial charge in [-0.05, 0) is 91.2 Å². The molecule has 0 spiro atoms. The van der Waals surface area contributed by atoms with Crippen LogP contribution in [0.15, 0.2) is 60.7 Å². The molecule has 320 valence electrons. The Bertz CT molecular complexity index is 2130. The maximum atomic E-state index is 6.42. The lowest BCUT2D eigenvalue weighted by Crippen LogP contribution is -3.00. The van der Waals surface area contributed by atoms with Crippen molar-refractivity contribution in [2.24, 2.45) is 0 Å². The second kappa shape index (κ2) is 22.5. The number of aromatic amines is 2. The summed E-state index contributed by atoms with van der Waals surface area (Å²) in [6.45, 7) is 5.64. The van der Waals surface area contributed by atoms with Crippen LogP contribution in [-0.4, -0.2) is 97.5 Å². The van der Waals surface area contributed by atoms with E-state index in [-0.39, 0.29) is 24.8 Å². The zero-order valence-electron chi connectivity index (χ0n) is 36.7. The van der Waals surface area contributed by atoms with Crippen molar-refractivity contribution in [3.8, 4) is 11.5 Å². The molecule has 10 heteroatoms. The zero-order valence-corrected chi connectivity index (χ0v) is 38.2. The van der Waals surface area contributed by atoms with Crippen LogP contribution in [0.5, 0.6) is 11.5 Å². The minimum atomic E-state index is 0. The third-order valence-electron chi connectivity index (χ3n) is 10.7. The first-order chi connectivity index (χ1) is 27.4. The van der Waals surface area contributed by atoms with E-state index in [9.17, 15) is 0 Å². The van der Waals surface area contributed by atoms with Crippen LogP contribution in [0.2, 0.25) is 0 Å². The van der Waals surface area contributed by atoms with Crippen LogP contribution in [-0.2, 0) is 6.42 Å². The number of fused-ring (bicyclic) bond motifs is 8. The van der Waals surface area contributed by atoms with E-state index in [4.69, 9.17) is 19.4 Å². The van der Waals surface area contributed by atoms with Crippen molar-refractivity contribution in [3.05, 3.63) is 94.6 Å². The first-order valence-electron chi connectivity index (χ1n) is 21.5. The number of rotatable bonds is 21. The molecule has 0 aliphatic carbocycles. The number of unbranched alkanes of at least 4 members (excludes halogenated alkanes) is 8. The van der Waals surface area contributed by atoms with Gasteiger partial charge in [0.2, 0.25) is 0 Å². The quantitative estimate of drug-likeness (QED) is 0.0782. The molecule has 0 saturated heterocycles. The molecule has 0 unspecified atom stereocenters. The number of H-pyrrole nitrogens is 2.